The number of fused-ring (bicyclic) bond motifs is 1. The first-order valence-electron chi connectivity index (χ1n) is 14.9. The number of nitrogens with zero attached hydrogens (tertiary/aromatic N) is 2. The summed E-state index contributed by atoms with van der Waals surface area (Å²) in [4.78, 5) is 32.3. The van der Waals surface area contributed by atoms with E-state index >= 15 is 4.39 Å². The first-order valence-corrected chi connectivity index (χ1v) is 16.1. The van der Waals surface area contributed by atoms with Gasteiger partial charge in [-0.15, -0.1) is 4.72 Å². The van der Waals surface area contributed by atoms with Crippen molar-refractivity contribution < 1.29 is 23.3 Å². The van der Waals surface area contributed by atoms with Gasteiger partial charge in [0.2, 0.25) is 5.91 Å². The van der Waals surface area contributed by atoms with Crippen LogP contribution in [0, 0.1) is 17.7 Å². The van der Waals surface area contributed by atoms with Gasteiger partial charge in [-0.3, -0.25) is 14.7 Å². The maximum absolute atomic E-state index is 15.3. The molecule has 228 valence electrons. The third-order valence-corrected chi connectivity index (χ3v) is 10.00. The summed E-state index contributed by atoms with van der Waals surface area (Å²) >= 11 is -1.45. The van der Waals surface area contributed by atoms with Gasteiger partial charge in [0.05, 0.1) is 5.69 Å². The van der Waals surface area contributed by atoms with E-state index in [1.54, 1.807) is 45.3 Å². The van der Waals surface area contributed by atoms with Crippen LogP contribution in [0.1, 0.15) is 91.2 Å². The summed E-state index contributed by atoms with van der Waals surface area (Å²) in [5.74, 6) is -0.171. The van der Waals surface area contributed by atoms with Crippen molar-refractivity contribution in [3.05, 3.63) is 59.7 Å². The molecule has 2 N–H and O–H groups in total. The SMILES string of the molecule is CC(C)(C)OC(=O)N1[C@@H](C(=O)Nc2cc(C(CCC3CC3)(N[S+]([O-])C(C)(C)C)c3ccncc3)ccc2F)C[C@H]2C[C@H]21. The molecule has 8 nitrogen and oxygen atoms in total. The van der Waals surface area contributed by atoms with Crippen LogP contribution in [-0.4, -0.2) is 48.9 Å². The maximum atomic E-state index is 15.3. The van der Waals surface area contributed by atoms with E-state index in [1.165, 1.54) is 11.0 Å². The van der Waals surface area contributed by atoms with Crippen LogP contribution in [0.15, 0.2) is 42.7 Å². The van der Waals surface area contributed by atoms with Crippen LogP contribution in [0.5, 0.6) is 0 Å². The van der Waals surface area contributed by atoms with Gasteiger partial charge in [0.25, 0.3) is 0 Å². The highest BCUT2D eigenvalue weighted by Gasteiger charge is 2.57. The first-order chi connectivity index (χ1) is 19.7. The molecule has 0 bridgehead atoms. The maximum Gasteiger partial charge on any atom is 0.411 e. The van der Waals surface area contributed by atoms with Gasteiger partial charge >= 0.3 is 6.09 Å². The average molecular weight is 599 g/mol. The highest BCUT2D eigenvalue weighted by molar-refractivity contribution is 7.90. The number of ether oxygens (including phenoxy) is 1. The van der Waals surface area contributed by atoms with Crippen LogP contribution in [0.25, 0.3) is 0 Å². The van der Waals surface area contributed by atoms with Gasteiger partial charge in [0.15, 0.2) is 0 Å². The zero-order valence-electron chi connectivity index (χ0n) is 25.4. The van der Waals surface area contributed by atoms with Crippen molar-refractivity contribution >= 4 is 29.0 Å². The number of nitrogens with one attached hydrogen (secondary N) is 2. The minimum absolute atomic E-state index is 0.0230. The fraction of sp³-hybridized carbons (Fsp3) is 0.594. The summed E-state index contributed by atoms with van der Waals surface area (Å²) < 4.78 is 37.4. The van der Waals surface area contributed by atoms with E-state index < -0.39 is 51.1 Å². The Hall–Kier alpha value is -2.69. The second kappa shape index (κ2) is 11.4. The Morgan fingerprint density at radius 3 is 2.38 bits per heavy atom. The first kappa shape index (κ1) is 30.8. The number of amides is 2. The quantitative estimate of drug-likeness (QED) is 0.341. The molecule has 2 heterocycles. The minimum atomic E-state index is -1.45. The molecule has 1 aromatic heterocycles. The Balaban J connectivity index is 1.47. The second-order valence-electron chi connectivity index (χ2n) is 14.0. The molecule has 1 aromatic carbocycles. The summed E-state index contributed by atoms with van der Waals surface area (Å²) in [6, 6.07) is 7.71. The molecule has 2 aromatic rings. The predicted molar refractivity (Wildman–Crippen MR) is 161 cm³/mol. The van der Waals surface area contributed by atoms with Gasteiger partial charge in [-0.1, -0.05) is 18.9 Å². The Morgan fingerprint density at radius 1 is 1.07 bits per heavy atom. The second-order valence-corrected chi connectivity index (χ2v) is 16.0. The standard InChI is InChI=1S/C32H43FN4O4S/c1-30(2,3)41-29(39)37-26-17-21(26)18-27(37)28(38)35-25-19-23(9-10-24(25)33)32(14-11-20-7-8-20,22-12-15-34-16-13-22)36-42(40)31(4,5)6/h9-10,12-13,15-16,19-21,26-27,36H,7-8,11,14,17-18H2,1-6H3,(H,35,38)/t21-,26-,27-,32?,42?/m1/s1. The minimum Gasteiger partial charge on any atom is -0.598 e. The zero-order valence-corrected chi connectivity index (χ0v) is 26.2. The topological polar surface area (TPSA) is 107 Å². The number of hydrogen-bond acceptors (Lipinski definition) is 6. The molecule has 5 rings (SSSR count). The molecule has 0 spiro atoms. The van der Waals surface area contributed by atoms with E-state index in [0.29, 0.717) is 24.3 Å². The fourth-order valence-electron chi connectivity index (χ4n) is 5.77. The van der Waals surface area contributed by atoms with Gasteiger partial charge in [-0.2, -0.15) is 0 Å². The van der Waals surface area contributed by atoms with Crippen LogP contribution in [-0.2, 0) is 26.4 Å². The molecule has 3 aliphatic rings. The summed E-state index contributed by atoms with van der Waals surface area (Å²) in [5.41, 5.74) is -0.0134. The average Bonchev–Trinajstić information content (AvgIpc) is 3.84. The van der Waals surface area contributed by atoms with Crippen molar-refractivity contribution in [1.82, 2.24) is 14.6 Å². The number of halogens is 1. The van der Waals surface area contributed by atoms with Gasteiger partial charge in [-0.25, -0.2) is 9.18 Å². The Labute approximate surface area is 251 Å². The number of rotatable bonds is 9. The van der Waals surface area contributed by atoms with E-state index in [9.17, 15) is 14.1 Å². The number of likely N-dealkylation sites (tertiary alicyclic amines) is 1. The number of hydrogen-bond donors (Lipinski definition) is 2. The molecule has 0 radical (unpaired) electrons. The number of pyridine rings is 1. The molecule has 3 fully saturated rings. The van der Waals surface area contributed by atoms with Crippen LogP contribution in [0.4, 0.5) is 14.9 Å². The van der Waals surface area contributed by atoms with Gasteiger partial charge < -0.3 is 14.6 Å². The van der Waals surface area contributed by atoms with Crippen LogP contribution >= 0.6 is 0 Å². The van der Waals surface area contributed by atoms with Gasteiger partial charge in [-0.05, 0) is 114 Å². The van der Waals surface area contributed by atoms with Crippen LogP contribution in [0.2, 0.25) is 0 Å². The lowest BCUT2D eigenvalue weighted by atomic mass is 9.79. The van der Waals surface area contributed by atoms with Crippen molar-refractivity contribution in [2.75, 3.05) is 5.32 Å². The monoisotopic (exact) mass is 598 g/mol. The Bertz CT molecular complexity index is 1310. The molecule has 1 saturated heterocycles. The van der Waals surface area contributed by atoms with E-state index in [4.69, 9.17) is 4.74 Å². The summed E-state index contributed by atoms with van der Waals surface area (Å²) in [5, 5.41) is 2.79. The molecule has 2 amide bonds. The lowest BCUT2D eigenvalue weighted by Gasteiger charge is -2.39. The lowest BCUT2D eigenvalue weighted by molar-refractivity contribution is -0.121. The molecule has 1 aliphatic heterocycles. The largest absolute Gasteiger partial charge is 0.598 e. The highest BCUT2D eigenvalue weighted by atomic mass is 32.2. The van der Waals surface area contributed by atoms with Crippen molar-refractivity contribution in [2.24, 2.45) is 11.8 Å². The van der Waals surface area contributed by atoms with Gasteiger partial charge in [0.1, 0.15) is 27.7 Å². The Kier molecular flexibility index (Phi) is 8.37. The molecular formula is C32H43FN4O4S. The molecule has 42 heavy (non-hydrogen) atoms. The highest BCUT2D eigenvalue weighted by Crippen LogP contribution is 2.49. The zero-order chi connectivity index (χ0) is 30.4. The van der Waals surface area contributed by atoms with Crippen molar-refractivity contribution in [3.63, 3.8) is 0 Å². The number of carbonyl (C=O) groups excluding carboxylic acids is 2. The lowest BCUT2D eigenvalue weighted by Crippen LogP contribution is -2.52. The van der Waals surface area contributed by atoms with Crippen molar-refractivity contribution in [2.45, 2.75) is 108 Å². The number of anilines is 1. The van der Waals surface area contributed by atoms with Crippen LogP contribution < -0.4 is 10.0 Å². The van der Waals surface area contributed by atoms with Gasteiger partial charge in [0, 0.05) is 29.8 Å². The molecule has 2 saturated carbocycles. The van der Waals surface area contributed by atoms with E-state index in [0.717, 1.165) is 31.2 Å². The molecular weight excluding hydrogens is 555 g/mol. The smallest absolute Gasteiger partial charge is 0.411 e. The summed E-state index contributed by atoms with van der Waals surface area (Å²) in [6.45, 7) is 11.1. The van der Waals surface area contributed by atoms with Crippen molar-refractivity contribution in [3.8, 4) is 0 Å². The van der Waals surface area contributed by atoms with Crippen LogP contribution in [0.3, 0.4) is 0 Å². The number of benzene rings is 1. The predicted octanol–water partition coefficient (Wildman–Crippen LogP) is 6.04. The molecule has 2 aliphatic carbocycles. The normalized spacial score (nSPS) is 24.0. The third kappa shape index (κ3) is 6.76. The Morgan fingerprint density at radius 2 is 1.76 bits per heavy atom. The van der Waals surface area contributed by atoms with E-state index in [2.05, 4.69) is 15.0 Å². The summed E-state index contributed by atoms with van der Waals surface area (Å²) in [6.07, 6.45) is 8.12. The number of piperidine rings is 1. The van der Waals surface area contributed by atoms with E-state index in [1.807, 2.05) is 32.9 Å². The fourth-order valence-corrected chi connectivity index (χ4v) is 6.73. The molecule has 5 atom stereocenters. The van der Waals surface area contributed by atoms with Crippen molar-refractivity contribution in [1.29, 1.82) is 0 Å². The molecule has 2 unspecified atom stereocenters. The summed E-state index contributed by atoms with van der Waals surface area (Å²) in [7, 11) is 0. The van der Waals surface area contributed by atoms with E-state index in [-0.39, 0.29) is 17.6 Å². The molecule has 10 heteroatoms. The number of carbonyl (C=O) groups is 2. The third-order valence-electron chi connectivity index (χ3n) is 8.35. The number of aromatic nitrogens is 1.